The van der Waals surface area contributed by atoms with Gasteiger partial charge in [-0.05, 0) is 47.9 Å². The van der Waals surface area contributed by atoms with E-state index in [1.165, 1.54) is 22.2 Å². The van der Waals surface area contributed by atoms with Gasteiger partial charge in [-0.2, -0.15) is 0 Å². The number of hydrogen-bond acceptors (Lipinski definition) is 3. The zero-order valence-corrected chi connectivity index (χ0v) is 13.3. The van der Waals surface area contributed by atoms with E-state index in [1.807, 2.05) is 24.3 Å². The third-order valence-corrected chi connectivity index (χ3v) is 4.64. The third-order valence-electron chi connectivity index (χ3n) is 3.07. The zero-order chi connectivity index (χ0) is 14.8. The molecule has 0 fully saturated rings. The Balaban J connectivity index is 1.88. The predicted octanol–water partition coefficient (Wildman–Crippen LogP) is 5.27. The van der Waals surface area contributed by atoms with Crippen LogP contribution < -0.4 is 0 Å². The van der Waals surface area contributed by atoms with Gasteiger partial charge in [0.1, 0.15) is 5.75 Å². The first kappa shape index (κ1) is 14.0. The number of ketones is 1. The second-order valence-electron chi connectivity index (χ2n) is 4.55. The Morgan fingerprint density at radius 1 is 1.14 bits per heavy atom. The molecule has 1 aromatic heterocycles. The van der Waals surface area contributed by atoms with Gasteiger partial charge in [-0.15, -0.1) is 11.3 Å². The Hall–Kier alpha value is -1.91. The van der Waals surface area contributed by atoms with E-state index in [0.717, 1.165) is 9.35 Å². The van der Waals surface area contributed by atoms with Crippen LogP contribution in [0.1, 0.15) is 15.2 Å². The molecule has 0 unspecified atom stereocenters. The summed E-state index contributed by atoms with van der Waals surface area (Å²) >= 11 is 4.93. The third kappa shape index (κ3) is 3.06. The van der Waals surface area contributed by atoms with Crippen LogP contribution in [0.15, 0.2) is 59.1 Å². The highest BCUT2D eigenvalue weighted by molar-refractivity contribution is 9.10. The molecule has 0 aliphatic carbocycles. The first-order valence-electron chi connectivity index (χ1n) is 6.33. The molecule has 3 aromatic rings. The molecule has 0 radical (unpaired) electrons. The van der Waals surface area contributed by atoms with Crippen LogP contribution in [-0.4, -0.2) is 10.9 Å². The van der Waals surface area contributed by atoms with E-state index in [2.05, 4.69) is 22.0 Å². The maximum Gasteiger partial charge on any atom is 0.189 e. The van der Waals surface area contributed by atoms with Crippen molar-refractivity contribution in [2.45, 2.75) is 0 Å². The molecule has 21 heavy (non-hydrogen) atoms. The van der Waals surface area contributed by atoms with Crippen molar-refractivity contribution in [1.82, 2.24) is 0 Å². The number of fused-ring (bicyclic) bond motifs is 1. The van der Waals surface area contributed by atoms with Gasteiger partial charge in [-0.1, -0.05) is 34.1 Å². The summed E-state index contributed by atoms with van der Waals surface area (Å²) in [6.45, 7) is 0. The minimum absolute atomic E-state index is 0.0100. The lowest BCUT2D eigenvalue weighted by Crippen LogP contribution is -1.94. The first-order chi connectivity index (χ1) is 10.1. The van der Waals surface area contributed by atoms with Gasteiger partial charge < -0.3 is 5.11 Å². The largest absolute Gasteiger partial charge is 0.507 e. The number of allylic oxidation sites excluding steroid dienone is 1. The van der Waals surface area contributed by atoms with Gasteiger partial charge in [-0.25, -0.2) is 0 Å². The fourth-order valence-corrected chi connectivity index (χ4v) is 3.37. The number of aromatic hydroxyl groups is 1. The first-order valence-corrected chi connectivity index (χ1v) is 7.94. The SMILES string of the molecule is O=C(/C=C/c1cc2ccccc2s1)c1cc(Br)ccc1O. The van der Waals surface area contributed by atoms with Crippen molar-refractivity contribution in [1.29, 1.82) is 0 Å². The summed E-state index contributed by atoms with van der Waals surface area (Å²) in [6, 6.07) is 15.0. The van der Waals surface area contributed by atoms with Crippen molar-refractivity contribution in [3.8, 4) is 5.75 Å². The Kier molecular flexibility index (Phi) is 3.90. The number of carbonyl (C=O) groups excluding carboxylic acids is 1. The van der Waals surface area contributed by atoms with Gasteiger partial charge in [0, 0.05) is 14.0 Å². The van der Waals surface area contributed by atoms with Gasteiger partial charge in [0.15, 0.2) is 5.78 Å². The van der Waals surface area contributed by atoms with Gasteiger partial charge in [0.25, 0.3) is 0 Å². The van der Waals surface area contributed by atoms with Crippen LogP contribution in [0.5, 0.6) is 5.75 Å². The van der Waals surface area contributed by atoms with E-state index >= 15 is 0 Å². The van der Waals surface area contributed by atoms with Crippen LogP contribution in [0.25, 0.3) is 16.2 Å². The standard InChI is InChI=1S/C17H11BrO2S/c18-12-5-7-15(19)14(10-12)16(20)8-6-13-9-11-3-1-2-4-17(11)21-13/h1-10,19H/b8-6+. The maximum absolute atomic E-state index is 12.1. The van der Waals surface area contributed by atoms with Crippen LogP contribution in [0.3, 0.4) is 0 Å². The molecule has 0 spiro atoms. The Morgan fingerprint density at radius 2 is 1.95 bits per heavy atom. The molecule has 2 nitrogen and oxygen atoms in total. The monoisotopic (exact) mass is 358 g/mol. The number of hydrogen-bond donors (Lipinski definition) is 1. The molecular weight excluding hydrogens is 348 g/mol. The molecule has 0 aliphatic heterocycles. The Morgan fingerprint density at radius 3 is 2.76 bits per heavy atom. The number of benzene rings is 2. The smallest absolute Gasteiger partial charge is 0.189 e. The van der Waals surface area contributed by atoms with Gasteiger partial charge in [-0.3, -0.25) is 4.79 Å². The molecule has 1 heterocycles. The topological polar surface area (TPSA) is 37.3 Å². The van der Waals surface area contributed by atoms with E-state index in [-0.39, 0.29) is 11.5 Å². The molecular formula is C17H11BrO2S. The van der Waals surface area contributed by atoms with Crippen molar-refractivity contribution >= 4 is 49.2 Å². The lowest BCUT2D eigenvalue weighted by Gasteiger charge is -2.00. The van der Waals surface area contributed by atoms with Crippen LogP contribution in [0, 0.1) is 0 Å². The average molecular weight is 359 g/mol. The maximum atomic E-state index is 12.1. The van der Waals surface area contributed by atoms with Crippen LogP contribution in [0.4, 0.5) is 0 Å². The number of halogens is 1. The summed E-state index contributed by atoms with van der Waals surface area (Å²) in [5.41, 5.74) is 0.293. The molecule has 4 heteroatoms. The number of thiophene rings is 1. The number of rotatable bonds is 3. The van der Waals surface area contributed by atoms with E-state index in [9.17, 15) is 9.90 Å². The molecule has 0 atom stereocenters. The highest BCUT2D eigenvalue weighted by Crippen LogP contribution is 2.27. The fraction of sp³-hybridized carbons (Fsp3) is 0. The quantitative estimate of drug-likeness (QED) is 0.511. The van der Waals surface area contributed by atoms with E-state index in [4.69, 9.17) is 0 Å². The van der Waals surface area contributed by atoms with Gasteiger partial charge >= 0.3 is 0 Å². The summed E-state index contributed by atoms with van der Waals surface area (Å²) in [6.07, 6.45) is 3.28. The normalized spacial score (nSPS) is 11.3. The Bertz CT molecular complexity index is 816. The minimum Gasteiger partial charge on any atom is -0.507 e. The summed E-state index contributed by atoms with van der Waals surface area (Å²) in [5.74, 6) is -0.226. The van der Waals surface area contributed by atoms with Gasteiger partial charge in [0.2, 0.25) is 0 Å². The van der Waals surface area contributed by atoms with E-state index < -0.39 is 0 Å². The summed E-state index contributed by atoms with van der Waals surface area (Å²) < 4.78 is 1.95. The molecule has 0 bridgehead atoms. The number of carbonyl (C=O) groups is 1. The molecule has 0 saturated heterocycles. The van der Waals surface area contributed by atoms with Crippen molar-refractivity contribution in [2.24, 2.45) is 0 Å². The highest BCUT2D eigenvalue weighted by atomic mass is 79.9. The molecule has 0 amide bonds. The molecule has 2 aromatic carbocycles. The molecule has 0 aliphatic rings. The Labute approximate surface area is 134 Å². The second-order valence-corrected chi connectivity index (χ2v) is 6.58. The molecule has 1 N–H and O–H groups in total. The zero-order valence-electron chi connectivity index (χ0n) is 10.9. The van der Waals surface area contributed by atoms with Crippen LogP contribution in [-0.2, 0) is 0 Å². The van der Waals surface area contributed by atoms with Crippen LogP contribution >= 0.6 is 27.3 Å². The second kappa shape index (κ2) is 5.84. The molecule has 0 saturated carbocycles. The van der Waals surface area contributed by atoms with E-state index in [1.54, 1.807) is 29.5 Å². The van der Waals surface area contributed by atoms with E-state index in [0.29, 0.717) is 5.56 Å². The fourth-order valence-electron chi connectivity index (χ4n) is 2.04. The van der Waals surface area contributed by atoms with Crippen molar-refractivity contribution in [3.05, 3.63) is 69.5 Å². The summed E-state index contributed by atoms with van der Waals surface area (Å²) in [5, 5.41) is 10.9. The van der Waals surface area contributed by atoms with Crippen molar-refractivity contribution < 1.29 is 9.90 Å². The highest BCUT2D eigenvalue weighted by Gasteiger charge is 2.08. The van der Waals surface area contributed by atoms with Crippen LogP contribution in [0.2, 0.25) is 0 Å². The van der Waals surface area contributed by atoms with Gasteiger partial charge in [0.05, 0.1) is 5.56 Å². The summed E-state index contributed by atoms with van der Waals surface area (Å²) in [4.78, 5) is 13.2. The number of phenolic OH excluding ortho intramolecular Hbond substituents is 1. The minimum atomic E-state index is -0.216. The molecule has 104 valence electrons. The lowest BCUT2D eigenvalue weighted by molar-refractivity contribution is 0.104. The summed E-state index contributed by atoms with van der Waals surface area (Å²) in [7, 11) is 0. The van der Waals surface area contributed by atoms with Crippen molar-refractivity contribution in [3.63, 3.8) is 0 Å². The number of phenols is 1. The predicted molar refractivity (Wildman–Crippen MR) is 91.0 cm³/mol. The van der Waals surface area contributed by atoms with Crippen molar-refractivity contribution in [2.75, 3.05) is 0 Å². The lowest BCUT2D eigenvalue weighted by atomic mass is 10.1. The molecule has 3 rings (SSSR count). The average Bonchev–Trinajstić information content (AvgIpc) is 2.90.